The summed E-state index contributed by atoms with van der Waals surface area (Å²) in [5.74, 6) is 1.39. The van der Waals surface area contributed by atoms with E-state index in [4.69, 9.17) is 26.1 Å². The van der Waals surface area contributed by atoms with Gasteiger partial charge in [0.25, 0.3) is 0 Å². The van der Waals surface area contributed by atoms with Gasteiger partial charge in [0, 0.05) is 61.7 Å². The molecule has 0 aliphatic carbocycles. The smallest absolute Gasteiger partial charge is 0.368 e. The third-order valence-corrected chi connectivity index (χ3v) is 9.53. The number of ether oxygens (including phenoxy) is 2. The molecule has 1 aromatic carbocycles. The van der Waals surface area contributed by atoms with Crippen molar-refractivity contribution in [3.8, 4) is 11.5 Å². The number of hydrogen-bond acceptors (Lipinski definition) is 11. The predicted octanol–water partition coefficient (Wildman–Crippen LogP) is 4.82. The zero-order valence-corrected chi connectivity index (χ0v) is 30.1. The fourth-order valence-electron chi connectivity index (χ4n) is 6.55. The van der Waals surface area contributed by atoms with E-state index in [0.29, 0.717) is 95.7 Å². The first kappa shape index (κ1) is 36.2. The van der Waals surface area contributed by atoms with Gasteiger partial charge in [0.05, 0.1) is 64.5 Å². The molecule has 0 radical (unpaired) electrons. The molecular formula is C35H40ClN10O6+. The Labute approximate surface area is 305 Å². The van der Waals surface area contributed by atoms with Gasteiger partial charge in [-0.1, -0.05) is 16.6 Å². The number of fused-ring (bicyclic) bond motifs is 1. The molecule has 3 amide bonds. The number of pyridine rings is 1. The number of halogens is 1. The Morgan fingerprint density at radius 1 is 1.19 bits per heavy atom. The number of rotatable bonds is 12. The molecule has 3 aromatic rings. The average molecular weight is 732 g/mol. The molecule has 0 unspecified atom stereocenters. The van der Waals surface area contributed by atoms with Crippen molar-refractivity contribution in [1.29, 1.82) is 0 Å². The van der Waals surface area contributed by atoms with Gasteiger partial charge in [0.15, 0.2) is 0 Å². The molecule has 1 fully saturated rings. The molecule has 52 heavy (non-hydrogen) atoms. The molecule has 0 saturated carbocycles. The van der Waals surface area contributed by atoms with Gasteiger partial charge in [-0.05, 0) is 36.0 Å². The number of nitrogens with zero attached hydrogens (tertiary/aromatic N) is 9. The van der Waals surface area contributed by atoms with Gasteiger partial charge >= 0.3 is 11.9 Å². The van der Waals surface area contributed by atoms with E-state index in [1.54, 1.807) is 69.9 Å². The van der Waals surface area contributed by atoms with Crippen molar-refractivity contribution in [2.45, 2.75) is 31.8 Å². The van der Waals surface area contributed by atoms with Gasteiger partial charge in [-0.25, -0.2) is 9.78 Å². The van der Waals surface area contributed by atoms with E-state index in [0.717, 1.165) is 0 Å². The summed E-state index contributed by atoms with van der Waals surface area (Å²) in [4.78, 5) is 61.0. The highest BCUT2D eigenvalue weighted by Gasteiger charge is 2.40. The van der Waals surface area contributed by atoms with E-state index in [9.17, 15) is 19.7 Å². The molecule has 17 heteroatoms. The van der Waals surface area contributed by atoms with Crippen LogP contribution < -0.4 is 24.6 Å². The van der Waals surface area contributed by atoms with E-state index in [-0.39, 0.29) is 35.4 Å². The maximum atomic E-state index is 14.5. The second kappa shape index (κ2) is 15.3. The summed E-state index contributed by atoms with van der Waals surface area (Å²) < 4.78 is 11.4. The molecule has 1 N–H and O–H groups in total. The third kappa shape index (κ3) is 7.82. The summed E-state index contributed by atoms with van der Waals surface area (Å²) in [5, 5.41) is 14.7. The Kier molecular flexibility index (Phi) is 10.7. The van der Waals surface area contributed by atoms with E-state index >= 15 is 0 Å². The number of carbonyl (C=O) groups is 2. The van der Waals surface area contributed by atoms with Crippen LogP contribution in [-0.2, 0) is 11.3 Å². The number of anilines is 4. The van der Waals surface area contributed by atoms with E-state index in [1.807, 2.05) is 20.2 Å². The number of nitrogens with one attached hydrogen (secondary N) is 1. The minimum atomic E-state index is -0.453. The van der Waals surface area contributed by atoms with Crippen LogP contribution in [0.2, 0.25) is 5.02 Å². The SMILES string of the molecule is COc1cc(OC)c(Cl)c(N2Cc3cnc(Nc4cccnc4)nc3N(C3CCN(C(=O)/C=C/C[N+](C)(C)CC4=C([N+](=O)[O-])N=CC4)CC3)C2=O)c1. The zero-order valence-electron chi connectivity index (χ0n) is 29.4. The number of hydrogen-bond donors (Lipinski definition) is 1. The topological polar surface area (TPSA) is 169 Å². The molecule has 3 aliphatic heterocycles. The highest BCUT2D eigenvalue weighted by molar-refractivity contribution is 6.35. The number of piperidine rings is 1. The van der Waals surface area contributed by atoms with Crippen molar-refractivity contribution in [3.05, 3.63) is 87.1 Å². The number of likely N-dealkylation sites (tertiary alicyclic amines) is 1. The number of aliphatic imine (C=N–C) groups is 1. The van der Waals surface area contributed by atoms with E-state index in [2.05, 4.69) is 20.3 Å². The van der Waals surface area contributed by atoms with Crippen molar-refractivity contribution in [3.63, 3.8) is 0 Å². The first-order valence-corrected chi connectivity index (χ1v) is 17.1. The number of benzene rings is 1. The van der Waals surface area contributed by atoms with Crippen molar-refractivity contribution in [1.82, 2.24) is 19.9 Å². The minimum absolute atomic E-state index is 0.0918. The lowest BCUT2D eigenvalue weighted by Gasteiger charge is -2.43. The Bertz CT molecular complexity index is 1950. The van der Waals surface area contributed by atoms with E-state index < -0.39 is 4.92 Å². The van der Waals surface area contributed by atoms with Crippen LogP contribution in [0, 0.1) is 10.1 Å². The molecule has 2 aromatic heterocycles. The van der Waals surface area contributed by atoms with Crippen molar-refractivity contribution >= 4 is 52.9 Å². The molecule has 5 heterocycles. The Morgan fingerprint density at radius 2 is 1.98 bits per heavy atom. The molecule has 6 rings (SSSR count). The second-order valence-corrected chi connectivity index (χ2v) is 13.6. The predicted molar refractivity (Wildman–Crippen MR) is 196 cm³/mol. The lowest BCUT2D eigenvalue weighted by molar-refractivity contribution is -0.880. The summed E-state index contributed by atoms with van der Waals surface area (Å²) in [6, 6.07) is 6.36. The fourth-order valence-corrected chi connectivity index (χ4v) is 6.84. The summed E-state index contributed by atoms with van der Waals surface area (Å²) in [6.07, 6.45) is 11.4. The molecular weight excluding hydrogens is 692 g/mol. The van der Waals surface area contributed by atoms with Crippen LogP contribution in [0.3, 0.4) is 0 Å². The van der Waals surface area contributed by atoms with Crippen molar-refractivity contribution < 1.29 is 28.5 Å². The summed E-state index contributed by atoms with van der Waals surface area (Å²) in [7, 11) is 6.93. The quantitative estimate of drug-likeness (QED) is 0.118. The van der Waals surface area contributed by atoms with Crippen LogP contribution >= 0.6 is 11.6 Å². The number of amides is 3. The molecule has 3 aliphatic rings. The largest absolute Gasteiger partial charge is 0.497 e. The first-order valence-electron chi connectivity index (χ1n) is 16.7. The zero-order chi connectivity index (χ0) is 37.0. The average Bonchev–Trinajstić information content (AvgIpc) is 3.60. The molecule has 272 valence electrons. The van der Waals surface area contributed by atoms with Gasteiger partial charge in [0.2, 0.25) is 11.9 Å². The highest BCUT2D eigenvalue weighted by atomic mass is 35.5. The first-order chi connectivity index (χ1) is 25.0. The van der Waals surface area contributed by atoms with Crippen molar-refractivity contribution in [2.75, 3.05) is 69.6 Å². The molecule has 0 atom stereocenters. The standard InChI is InChI=1S/C35H40ClN10O6/c1-46(2,22-23-9-13-38-32(23)45(49)50)16-6-8-30(47)42-14-10-26(11-15-42)44-33-24(19-39-34(41-33)40-25-7-5-12-37-20-25)21-43(35(44)48)28-17-27(51-3)18-29(52-4)31(28)36/h5-8,12-13,17-20,26H,9-11,14-16,21-22H2,1-4H3,(H,39,40,41)/q+1/b8-6+. The van der Waals surface area contributed by atoms with Crippen LogP contribution in [0.4, 0.5) is 27.9 Å². The lowest BCUT2D eigenvalue weighted by Crippen LogP contribution is -2.55. The van der Waals surface area contributed by atoms with Crippen molar-refractivity contribution in [2.24, 2.45) is 4.99 Å². The molecule has 1 saturated heterocycles. The number of aromatic nitrogens is 3. The van der Waals surface area contributed by atoms with Crippen LogP contribution in [0.25, 0.3) is 0 Å². The summed E-state index contributed by atoms with van der Waals surface area (Å²) >= 11 is 6.77. The van der Waals surface area contributed by atoms with Crippen LogP contribution in [-0.4, -0.2) is 108 Å². The molecule has 16 nitrogen and oxygen atoms in total. The number of methoxy groups -OCH3 is 2. The summed E-state index contributed by atoms with van der Waals surface area (Å²) in [5.41, 5.74) is 2.49. The number of nitro groups is 1. The molecule has 0 bridgehead atoms. The summed E-state index contributed by atoms with van der Waals surface area (Å²) in [6.45, 7) is 1.93. The maximum absolute atomic E-state index is 14.5. The van der Waals surface area contributed by atoms with Gasteiger partial charge in [-0.3, -0.25) is 19.6 Å². The minimum Gasteiger partial charge on any atom is -0.497 e. The normalized spacial score (nSPS) is 16.5. The number of urea groups is 1. The number of carbonyl (C=O) groups excluding carboxylic acids is 2. The number of quaternary nitrogens is 1. The van der Waals surface area contributed by atoms with Gasteiger partial charge in [-0.2, -0.15) is 4.98 Å². The Hall–Kier alpha value is -5.61. The second-order valence-electron chi connectivity index (χ2n) is 13.2. The van der Waals surface area contributed by atoms with Crippen LogP contribution in [0.1, 0.15) is 24.8 Å². The van der Waals surface area contributed by atoms with Gasteiger partial charge < -0.3 is 34.3 Å². The number of likely N-dealkylation sites (N-methyl/N-ethyl adjacent to an activating group) is 1. The van der Waals surface area contributed by atoms with E-state index in [1.165, 1.54) is 14.2 Å². The van der Waals surface area contributed by atoms with Crippen LogP contribution in [0.5, 0.6) is 11.5 Å². The monoisotopic (exact) mass is 731 g/mol. The highest BCUT2D eigenvalue weighted by Crippen LogP contribution is 2.42. The van der Waals surface area contributed by atoms with Gasteiger partial charge in [-0.15, -0.1) is 0 Å². The van der Waals surface area contributed by atoms with Gasteiger partial charge in [0.1, 0.15) is 35.1 Å². The maximum Gasteiger partial charge on any atom is 0.368 e. The Morgan fingerprint density at radius 3 is 2.67 bits per heavy atom. The lowest BCUT2D eigenvalue weighted by atomic mass is 10.0. The Balaban J connectivity index is 1.20. The fraction of sp³-hybridized carbons (Fsp3) is 0.371. The molecule has 0 spiro atoms. The third-order valence-electron chi connectivity index (χ3n) is 9.15. The van der Waals surface area contributed by atoms with Crippen LogP contribution in [0.15, 0.2) is 71.4 Å².